The zero-order valence-corrected chi connectivity index (χ0v) is 16.3. The van der Waals surface area contributed by atoms with Gasteiger partial charge < -0.3 is 4.74 Å². The summed E-state index contributed by atoms with van der Waals surface area (Å²) in [5.41, 5.74) is 5.04. The fourth-order valence-electron chi connectivity index (χ4n) is 6.56. The third kappa shape index (κ3) is 2.66. The van der Waals surface area contributed by atoms with E-state index in [0.29, 0.717) is 5.41 Å². The second-order valence-electron chi connectivity index (χ2n) is 8.99. The molecule has 5 atom stereocenters. The number of fused-ring (bicyclic) bond motifs is 5. The molecule has 0 amide bonds. The minimum absolute atomic E-state index is 0.606. The van der Waals surface area contributed by atoms with Gasteiger partial charge in [0.2, 0.25) is 0 Å². The largest absolute Gasteiger partial charge is 0.497 e. The van der Waals surface area contributed by atoms with Crippen molar-refractivity contribution in [1.29, 1.82) is 0 Å². The SMILES string of the molecule is C=CC1=C(OCC)CC=C2C(=C1)CCC1C2CCC2(C)C(C)CCC12. The van der Waals surface area contributed by atoms with Crippen molar-refractivity contribution < 1.29 is 4.74 Å². The van der Waals surface area contributed by atoms with E-state index in [1.165, 1.54) is 44.1 Å². The molecule has 0 N–H and O–H groups in total. The molecule has 0 spiro atoms. The average molecular weight is 339 g/mol. The molecule has 0 aromatic carbocycles. The maximum absolute atomic E-state index is 5.93. The summed E-state index contributed by atoms with van der Waals surface area (Å²) in [5.74, 6) is 4.67. The molecule has 0 aromatic heterocycles. The highest BCUT2D eigenvalue weighted by atomic mass is 16.5. The molecule has 0 aromatic rings. The molecule has 1 heteroatoms. The van der Waals surface area contributed by atoms with Gasteiger partial charge in [-0.25, -0.2) is 0 Å². The first kappa shape index (κ1) is 17.2. The van der Waals surface area contributed by atoms with E-state index in [1.807, 2.05) is 6.08 Å². The van der Waals surface area contributed by atoms with Crippen LogP contribution in [-0.2, 0) is 4.74 Å². The Kier molecular flexibility index (Phi) is 4.46. The fraction of sp³-hybridized carbons (Fsp3) is 0.667. The van der Waals surface area contributed by atoms with Gasteiger partial charge in [-0.2, -0.15) is 0 Å². The van der Waals surface area contributed by atoms with Crippen LogP contribution in [0.5, 0.6) is 0 Å². The van der Waals surface area contributed by atoms with Gasteiger partial charge >= 0.3 is 0 Å². The first-order chi connectivity index (χ1) is 12.1. The summed E-state index contributed by atoms with van der Waals surface area (Å²) in [7, 11) is 0. The lowest BCUT2D eigenvalue weighted by Crippen LogP contribution is -2.43. The van der Waals surface area contributed by atoms with Crippen molar-refractivity contribution in [2.24, 2.45) is 29.1 Å². The zero-order chi connectivity index (χ0) is 17.6. The molecule has 0 heterocycles. The van der Waals surface area contributed by atoms with Crippen molar-refractivity contribution in [2.45, 2.75) is 65.7 Å². The Labute approximate surface area is 153 Å². The van der Waals surface area contributed by atoms with Crippen LogP contribution in [0, 0.1) is 29.1 Å². The minimum Gasteiger partial charge on any atom is -0.497 e. The van der Waals surface area contributed by atoms with Crippen molar-refractivity contribution in [2.75, 3.05) is 6.61 Å². The third-order valence-corrected chi connectivity index (χ3v) is 8.13. The van der Waals surface area contributed by atoms with E-state index in [-0.39, 0.29) is 0 Å². The van der Waals surface area contributed by atoms with Crippen LogP contribution in [0.4, 0.5) is 0 Å². The summed E-state index contributed by atoms with van der Waals surface area (Å²) in [4.78, 5) is 0. The summed E-state index contributed by atoms with van der Waals surface area (Å²) in [6, 6.07) is 0. The Bertz CT molecular complexity index is 649. The average Bonchev–Trinajstić information content (AvgIpc) is 2.81. The van der Waals surface area contributed by atoms with E-state index in [4.69, 9.17) is 4.74 Å². The molecule has 25 heavy (non-hydrogen) atoms. The number of rotatable bonds is 3. The van der Waals surface area contributed by atoms with Crippen molar-refractivity contribution >= 4 is 0 Å². The second kappa shape index (κ2) is 6.49. The Morgan fingerprint density at radius 3 is 2.88 bits per heavy atom. The standard InChI is InChI=1S/C24H34O/c1-5-17-15-18-8-9-21-20(19(18)10-12-23(17)25-6-2)13-14-24(4)16(3)7-11-22(21)24/h5,10,15-16,20-22H,1,6-9,11-14H2,2-4H3. The van der Waals surface area contributed by atoms with E-state index < -0.39 is 0 Å². The molecule has 0 saturated heterocycles. The summed E-state index contributed by atoms with van der Waals surface area (Å²) >= 11 is 0. The van der Waals surface area contributed by atoms with Crippen LogP contribution >= 0.6 is 0 Å². The second-order valence-corrected chi connectivity index (χ2v) is 8.99. The monoisotopic (exact) mass is 338 g/mol. The maximum Gasteiger partial charge on any atom is 0.107 e. The first-order valence-corrected chi connectivity index (χ1v) is 10.5. The van der Waals surface area contributed by atoms with Crippen LogP contribution in [-0.4, -0.2) is 6.61 Å². The van der Waals surface area contributed by atoms with Crippen LogP contribution in [0.3, 0.4) is 0 Å². The number of hydrogen-bond acceptors (Lipinski definition) is 1. The molecular weight excluding hydrogens is 304 g/mol. The lowest BCUT2D eigenvalue weighted by molar-refractivity contribution is 0.0200. The molecule has 4 aliphatic carbocycles. The maximum atomic E-state index is 5.93. The summed E-state index contributed by atoms with van der Waals surface area (Å²) < 4.78 is 5.93. The number of hydrogen-bond donors (Lipinski definition) is 0. The van der Waals surface area contributed by atoms with Gasteiger partial charge in [0.25, 0.3) is 0 Å². The molecule has 136 valence electrons. The van der Waals surface area contributed by atoms with Crippen LogP contribution in [0.25, 0.3) is 0 Å². The molecule has 0 radical (unpaired) electrons. The van der Waals surface area contributed by atoms with Gasteiger partial charge in [0.05, 0.1) is 6.61 Å². The lowest BCUT2D eigenvalue weighted by Gasteiger charge is -2.51. The van der Waals surface area contributed by atoms with Gasteiger partial charge in [0.1, 0.15) is 5.76 Å². The molecule has 1 nitrogen and oxygen atoms in total. The quantitative estimate of drug-likeness (QED) is 0.564. The van der Waals surface area contributed by atoms with Crippen LogP contribution < -0.4 is 0 Å². The van der Waals surface area contributed by atoms with Crippen LogP contribution in [0.2, 0.25) is 0 Å². The van der Waals surface area contributed by atoms with Gasteiger partial charge in [-0.05, 0) is 91.8 Å². The third-order valence-electron chi connectivity index (χ3n) is 8.13. The van der Waals surface area contributed by atoms with Gasteiger partial charge in [0, 0.05) is 12.0 Å². The Morgan fingerprint density at radius 1 is 1.28 bits per heavy atom. The Balaban J connectivity index is 1.65. The summed E-state index contributed by atoms with van der Waals surface area (Å²) in [5, 5.41) is 0. The van der Waals surface area contributed by atoms with E-state index in [1.54, 1.807) is 11.1 Å². The molecule has 3 saturated carbocycles. The lowest BCUT2D eigenvalue weighted by atomic mass is 9.53. The van der Waals surface area contributed by atoms with Crippen LogP contribution in [0.1, 0.15) is 65.7 Å². The first-order valence-electron chi connectivity index (χ1n) is 10.5. The predicted octanol–water partition coefficient (Wildman–Crippen LogP) is 6.59. The molecule has 0 bridgehead atoms. The molecular formula is C24H34O. The van der Waals surface area contributed by atoms with Crippen molar-refractivity contribution in [3.05, 3.63) is 47.3 Å². The molecule has 3 fully saturated rings. The highest BCUT2D eigenvalue weighted by Crippen LogP contribution is 2.62. The van der Waals surface area contributed by atoms with Crippen LogP contribution in [0.15, 0.2) is 47.3 Å². The van der Waals surface area contributed by atoms with E-state index >= 15 is 0 Å². The Hall–Kier alpha value is -1.24. The Morgan fingerprint density at radius 2 is 2.12 bits per heavy atom. The number of ether oxygens (including phenoxy) is 1. The van der Waals surface area contributed by atoms with E-state index in [9.17, 15) is 0 Å². The molecule has 4 aliphatic rings. The van der Waals surface area contributed by atoms with Crippen molar-refractivity contribution in [3.63, 3.8) is 0 Å². The van der Waals surface area contributed by atoms with Gasteiger partial charge in [0.15, 0.2) is 0 Å². The van der Waals surface area contributed by atoms with Gasteiger partial charge in [-0.1, -0.05) is 32.6 Å². The molecule has 0 aliphatic heterocycles. The highest BCUT2D eigenvalue weighted by Gasteiger charge is 2.53. The summed E-state index contributed by atoms with van der Waals surface area (Å²) in [6.07, 6.45) is 16.2. The van der Waals surface area contributed by atoms with Crippen molar-refractivity contribution in [1.82, 2.24) is 0 Å². The predicted molar refractivity (Wildman–Crippen MR) is 105 cm³/mol. The van der Waals surface area contributed by atoms with E-state index in [0.717, 1.165) is 42.5 Å². The smallest absolute Gasteiger partial charge is 0.107 e. The fourth-order valence-corrected chi connectivity index (χ4v) is 6.56. The van der Waals surface area contributed by atoms with Gasteiger partial charge in [-0.3, -0.25) is 0 Å². The van der Waals surface area contributed by atoms with Gasteiger partial charge in [-0.15, -0.1) is 0 Å². The minimum atomic E-state index is 0.606. The highest BCUT2D eigenvalue weighted by molar-refractivity contribution is 5.48. The topological polar surface area (TPSA) is 9.23 Å². The molecule has 5 unspecified atom stereocenters. The van der Waals surface area contributed by atoms with E-state index in [2.05, 4.69) is 39.5 Å². The summed E-state index contributed by atoms with van der Waals surface area (Å²) in [6.45, 7) is 12.0. The van der Waals surface area contributed by atoms with Crippen molar-refractivity contribution in [3.8, 4) is 0 Å². The number of allylic oxidation sites excluding steroid dienone is 6. The molecule has 4 rings (SSSR count). The zero-order valence-electron chi connectivity index (χ0n) is 16.3. The normalized spacial score (nSPS) is 40.3.